The van der Waals surface area contributed by atoms with Crippen LogP contribution in [0.1, 0.15) is 48.5 Å². The van der Waals surface area contributed by atoms with E-state index in [1.807, 2.05) is 11.0 Å². The molecular formula is C26H27F2N3O4. The zero-order valence-corrected chi connectivity index (χ0v) is 19.9. The van der Waals surface area contributed by atoms with Gasteiger partial charge in [0.25, 0.3) is 0 Å². The van der Waals surface area contributed by atoms with E-state index in [4.69, 9.17) is 9.47 Å². The van der Waals surface area contributed by atoms with Crippen molar-refractivity contribution < 1.29 is 27.8 Å². The summed E-state index contributed by atoms with van der Waals surface area (Å²) < 4.78 is 38.5. The number of halogens is 2. The van der Waals surface area contributed by atoms with Crippen LogP contribution in [0.15, 0.2) is 36.4 Å². The van der Waals surface area contributed by atoms with E-state index in [1.54, 1.807) is 33.1 Å². The van der Waals surface area contributed by atoms with E-state index < -0.39 is 17.6 Å². The number of fused-ring (bicyclic) bond motifs is 1. The molecule has 0 spiro atoms. The Morgan fingerprint density at radius 2 is 1.89 bits per heavy atom. The number of hydrogen-bond donors (Lipinski definition) is 1. The Bertz CT molecular complexity index is 1270. The summed E-state index contributed by atoms with van der Waals surface area (Å²) in [5, 5.41) is 3.50. The summed E-state index contributed by atoms with van der Waals surface area (Å²) in [4.78, 5) is 30.8. The molecule has 1 N–H and O–H groups in total. The van der Waals surface area contributed by atoms with E-state index in [2.05, 4.69) is 10.3 Å². The van der Waals surface area contributed by atoms with Crippen molar-refractivity contribution in [3.63, 3.8) is 0 Å². The minimum Gasteiger partial charge on any atom is -0.496 e. The van der Waals surface area contributed by atoms with Gasteiger partial charge in [-0.25, -0.2) is 18.6 Å². The molecule has 2 heterocycles. The van der Waals surface area contributed by atoms with E-state index in [1.165, 1.54) is 6.07 Å². The van der Waals surface area contributed by atoms with Gasteiger partial charge in [-0.05, 0) is 55.5 Å². The van der Waals surface area contributed by atoms with Crippen LogP contribution in [0.4, 0.5) is 20.3 Å². The standard InChI is InChI=1S/C26H27F2N3O4/c1-4-35-26(33)20-12-17-11-19(16-7-9-31(10-8-16)15(2)32)24(34-3)14-23(17)30-25(20)29-22-6-5-18(27)13-21(22)28/h5-6,11-14,16H,4,7-10H2,1-3H3,(H,29,30). The van der Waals surface area contributed by atoms with Crippen LogP contribution in [0.2, 0.25) is 0 Å². The predicted molar refractivity (Wildman–Crippen MR) is 128 cm³/mol. The molecule has 1 aliphatic heterocycles. The fourth-order valence-corrected chi connectivity index (χ4v) is 4.40. The van der Waals surface area contributed by atoms with Gasteiger partial charge in [0, 0.05) is 37.5 Å². The summed E-state index contributed by atoms with van der Waals surface area (Å²) in [6, 6.07) is 8.48. The Morgan fingerprint density at radius 3 is 2.51 bits per heavy atom. The zero-order valence-electron chi connectivity index (χ0n) is 19.9. The van der Waals surface area contributed by atoms with E-state index in [0.29, 0.717) is 29.7 Å². The van der Waals surface area contributed by atoms with Crippen LogP contribution in [-0.4, -0.2) is 48.6 Å². The Labute approximate surface area is 202 Å². The van der Waals surface area contributed by atoms with Gasteiger partial charge < -0.3 is 19.7 Å². The Morgan fingerprint density at radius 1 is 1.14 bits per heavy atom. The van der Waals surface area contributed by atoms with E-state index in [-0.39, 0.29) is 35.5 Å². The maximum absolute atomic E-state index is 14.3. The highest BCUT2D eigenvalue weighted by atomic mass is 19.1. The minimum atomic E-state index is -0.813. The lowest BCUT2D eigenvalue weighted by atomic mass is 9.87. The number of pyridine rings is 1. The third kappa shape index (κ3) is 5.18. The average molecular weight is 484 g/mol. The van der Waals surface area contributed by atoms with Crippen molar-refractivity contribution in [2.45, 2.75) is 32.6 Å². The summed E-state index contributed by atoms with van der Waals surface area (Å²) in [5.41, 5.74) is 1.62. The Hall–Kier alpha value is -3.75. The molecule has 1 saturated heterocycles. The highest BCUT2D eigenvalue weighted by molar-refractivity contribution is 6.00. The van der Waals surface area contributed by atoms with Crippen LogP contribution < -0.4 is 10.1 Å². The number of carbonyl (C=O) groups excluding carboxylic acids is 2. The second-order valence-corrected chi connectivity index (χ2v) is 8.42. The summed E-state index contributed by atoms with van der Waals surface area (Å²) in [7, 11) is 1.58. The zero-order chi connectivity index (χ0) is 25.1. The fourth-order valence-electron chi connectivity index (χ4n) is 4.40. The van der Waals surface area contributed by atoms with Gasteiger partial charge in [-0.2, -0.15) is 0 Å². The first-order chi connectivity index (χ1) is 16.8. The first-order valence-electron chi connectivity index (χ1n) is 11.5. The second kappa shape index (κ2) is 10.2. The quantitative estimate of drug-likeness (QED) is 0.488. The monoisotopic (exact) mass is 483 g/mol. The Kier molecular flexibility index (Phi) is 7.14. The van der Waals surface area contributed by atoms with Crippen LogP contribution >= 0.6 is 0 Å². The van der Waals surface area contributed by atoms with Crippen molar-refractivity contribution >= 4 is 34.3 Å². The van der Waals surface area contributed by atoms with Crippen molar-refractivity contribution in [2.24, 2.45) is 0 Å². The Balaban J connectivity index is 1.76. The molecular weight excluding hydrogens is 456 g/mol. The minimum absolute atomic E-state index is 0.0235. The molecule has 1 amide bonds. The van der Waals surface area contributed by atoms with Crippen molar-refractivity contribution in [1.29, 1.82) is 0 Å². The number of hydrogen-bond acceptors (Lipinski definition) is 6. The molecule has 0 saturated carbocycles. The molecule has 1 fully saturated rings. The topological polar surface area (TPSA) is 80.8 Å². The second-order valence-electron chi connectivity index (χ2n) is 8.42. The molecule has 0 unspecified atom stereocenters. The molecule has 35 heavy (non-hydrogen) atoms. The highest BCUT2D eigenvalue weighted by Gasteiger charge is 2.26. The van der Waals surface area contributed by atoms with Crippen molar-refractivity contribution in [3.8, 4) is 5.75 Å². The molecule has 1 aromatic heterocycles. The number of nitrogens with one attached hydrogen (secondary N) is 1. The van der Waals surface area contributed by atoms with Gasteiger partial charge in [0.05, 0.1) is 24.9 Å². The van der Waals surface area contributed by atoms with Gasteiger partial charge in [0.2, 0.25) is 5.91 Å². The number of nitrogens with zero attached hydrogens (tertiary/aromatic N) is 2. The molecule has 9 heteroatoms. The van der Waals surface area contributed by atoms with Gasteiger partial charge in [-0.3, -0.25) is 4.79 Å². The number of ether oxygens (including phenoxy) is 2. The van der Waals surface area contributed by atoms with Crippen LogP contribution in [0.25, 0.3) is 10.9 Å². The summed E-state index contributed by atoms with van der Waals surface area (Å²) in [5.74, 6) is -1.15. The summed E-state index contributed by atoms with van der Waals surface area (Å²) in [6.45, 7) is 4.75. The van der Waals surface area contributed by atoms with Gasteiger partial charge in [-0.15, -0.1) is 0 Å². The molecule has 0 bridgehead atoms. The first-order valence-corrected chi connectivity index (χ1v) is 11.5. The molecule has 0 atom stereocenters. The molecule has 184 valence electrons. The van der Waals surface area contributed by atoms with Gasteiger partial charge in [-0.1, -0.05) is 0 Å². The van der Waals surface area contributed by atoms with Crippen LogP contribution in [0.5, 0.6) is 5.75 Å². The summed E-state index contributed by atoms with van der Waals surface area (Å²) in [6.07, 6.45) is 1.59. The lowest BCUT2D eigenvalue weighted by Crippen LogP contribution is -2.36. The highest BCUT2D eigenvalue weighted by Crippen LogP contribution is 2.38. The number of rotatable bonds is 6. The first kappa shape index (κ1) is 24.4. The summed E-state index contributed by atoms with van der Waals surface area (Å²) >= 11 is 0. The number of methoxy groups -OCH3 is 1. The van der Waals surface area contributed by atoms with E-state index >= 15 is 0 Å². The SMILES string of the molecule is CCOC(=O)c1cc2cc(C3CCN(C(C)=O)CC3)c(OC)cc2nc1Nc1ccc(F)cc1F. The maximum Gasteiger partial charge on any atom is 0.341 e. The van der Waals surface area contributed by atoms with Crippen molar-refractivity contribution in [2.75, 3.05) is 32.1 Å². The number of aromatic nitrogens is 1. The van der Waals surface area contributed by atoms with E-state index in [0.717, 1.165) is 30.5 Å². The third-order valence-electron chi connectivity index (χ3n) is 6.23. The number of amides is 1. The van der Waals surface area contributed by atoms with Crippen LogP contribution in [-0.2, 0) is 9.53 Å². The predicted octanol–water partition coefficient (Wildman–Crippen LogP) is 5.17. The van der Waals surface area contributed by atoms with Gasteiger partial charge >= 0.3 is 5.97 Å². The van der Waals surface area contributed by atoms with Gasteiger partial charge in [0.15, 0.2) is 0 Å². The molecule has 2 aromatic carbocycles. The number of benzene rings is 2. The number of carbonyl (C=O) groups is 2. The molecule has 0 radical (unpaired) electrons. The van der Waals surface area contributed by atoms with Crippen LogP contribution in [0.3, 0.4) is 0 Å². The molecule has 3 aromatic rings. The average Bonchev–Trinajstić information content (AvgIpc) is 2.84. The normalized spacial score (nSPS) is 14.1. The number of anilines is 2. The maximum atomic E-state index is 14.3. The lowest BCUT2D eigenvalue weighted by molar-refractivity contribution is -0.129. The molecule has 1 aliphatic rings. The largest absolute Gasteiger partial charge is 0.496 e. The van der Waals surface area contributed by atoms with Gasteiger partial charge in [0.1, 0.15) is 28.8 Å². The smallest absolute Gasteiger partial charge is 0.341 e. The lowest BCUT2D eigenvalue weighted by Gasteiger charge is -2.32. The molecule has 4 rings (SSSR count). The van der Waals surface area contributed by atoms with Crippen LogP contribution in [0, 0.1) is 11.6 Å². The van der Waals surface area contributed by atoms with Crippen molar-refractivity contribution in [3.05, 3.63) is 59.2 Å². The number of likely N-dealkylation sites (tertiary alicyclic amines) is 1. The van der Waals surface area contributed by atoms with E-state index in [9.17, 15) is 18.4 Å². The third-order valence-corrected chi connectivity index (χ3v) is 6.23. The fraction of sp³-hybridized carbons (Fsp3) is 0.346. The molecule has 7 nitrogen and oxygen atoms in total. The number of esters is 1. The van der Waals surface area contributed by atoms with Crippen molar-refractivity contribution in [1.82, 2.24) is 9.88 Å². The number of piperidine rings is 1. The molecule has 0 aliphatic carbocycles.